The molecule has 0 saturated heterocycles. The Morgan fingerprint density at radius 2 is 2.07 bits per heavy atom. The summed E-state index contributed by atoms with van der Waals surface area (Å²) in [4.78, 5) is 16.9. The summed E-state index contributed by atoms with van der Waals surface area (Å²) in [6, 6.07) is 11.0. The number of nitrogens with zero attached hydrogens (tertiary/aromatic N) is 2. The van der Waals surface area contributed by atoms with E-state index >= 15 is 0 Å². The molecule has 0 spiro atoms. The molecule has 3 aromatic rings. The summed E-state index contributed by atoms with van der Waals surface area (Å²) in [7, 11) is 1.62. The predicted octanol–water partition coefficient (Wildman–Crippen LogP) is 3.34. The fraction of sp³-hybridized carbons (Fsp3) is 0.286. The Morgan fingerprint density at radius 3 is 2.89 bits per heavy atom. The van der Waals surface area contributed by atoms with Crippen LogP contribution in [-0.2, 0) is 17.8 Å². The maximum Gasteiger partial charge on any atom is 0.227 e. The van der Waals surface area contributed by atoms with Crippen LogP contribution < -0.4 is 14.8 Å². The number of carbonyl (C=O) groups excluding carboxylic acids is 1. The van der Waals surface area contributed by atoms with E-state index in [4.69, 9.17) is 9.47 Å². The minimum Gasteiger partial charge on any atom is -0.497 e. The lowest BCUT2D eigenvalue weighted by Gasteiger charge is -2.21. The number of fused-ring (bicyclic) bond motifs is 1. The van der Waals surface area contributed by atoms with Gasteiger partial charge in [-0.2, -0.15) is 5.10 Å². The summed E-state index contributed by atoms with van der Waals surface area (Å²) in [6.07, 6.45) is 6.24. The molecule has 1 unspecified atom stereocenters. The minimum atomic E-state index is -0.139. The lowest BCUT2D eigenvalue weighted by Crippen LogP contribution is -2.30. The van der Waals surface area contributed by atoms with Crippen molar-refractivity contribution < 1.29 is 14.3 Å². The van der Waals surface area contributed by atoms with Crippen LogP contribution in [0.5, 0.6) is 17.4 Å². The van der Waals surface area contributed by atoms with E-state index in [2.05, 4.69) is 20.5 Å². The van der Waals surface area contributed by atoms with E-state index in [9.17, 15) is 4.79 Å². The summed E-state index contributed by atoms with van der Waals surface area (Å²) in [5.41, 5.74) is 3.02. The van der Waals surface area contributed by atoms with Gasteiger partial charge in [0.05, 0.1) is 19.2 Å². The molecular weight excluding hydrogens is 356 g/mol. The maximum atomic E-state index is 12.7. The number of carbonyl (C=O) groups is 1. The van der Waals surface area contributed by atoms with E-state index in [-0.39, 0.29) is 11.8 Å². The van der Waals surface area contributed by atoms with Crippen LogP contribution in [0.3, 0.4) is 0 Å². The first kappa shape index (κ1) is 18.0. The molecule has 0 radical (unpaired) electrons. The van der Waals surface area contributed by atoms with Crippen molar-refractivity contribution in [1.82, 2.24) is 20.5 Å². The maximum absolute atomic E-state index is 12.7. The van der Waals surface area contributed by atoms with E-state index in [0.717, 1.165) is 41.8 Å². The Hall–Kier alpha value is -3.35. The Labute approximate surface area is 163 Å². The average Bonchev–Trinajstić information content (AvgIpc) is 3.22. The highest BCUT2D eigenvalue weighted by Gasteiger charge is 2.27. The third kappa shape index (κ3) is 3.98. The SMILES string of the molecule is COc1ccc(Oc2cc(CNC(=O)C3CCCc4[nH]ncc43)ccn2)cc1. The fourth-order valence-electron chi connectivity index (χ4n) is 3.43. The summed E-state index contributed by atoms with van der Waals surface area (Å²) in [5, 5.41) is 10.1. The van der Waals surface area contributed by atoms with Gasteiger partial charge in [-0.1, -0.05) is 0 Å². The molecule has 7 heteroatoms. The van der Waals surface area contributed by atoms with Crippen molar-refractivity contribution in [1.29, 1.82) is 0 Å². The highest BCUT2D eigenvalue weighted by molar-refractivity contribution is 5.84. The van der Waals surface area contributed by atoms with Crippen LogP contribution in [0.1, 0.15) is 35.6 Å². The van der Waals surface area contributed by atoms with Gasteiger partial charge in [-0.3, -0.25) is 9.89 Å². The van der Waals surface area contributed by atoms with Gasteiger partial charge in [0.15, 0.2) is 0 Å². The zero-order valence-electron chi connectivity index (χ0n) is 15.6. The first-order valence-electron chi connectivity index (χ1n) is 9.29. The number of methoxy groups -OCH3 is 1. The van der Waals surface area contributed by atoms with E-state index in [1.165, 1.54) is 0 Å². The highest BCUT2D eigenvalue weighted by Crippen LogP contribution is 2.30. The van der Waals surface area contributed by atoms with Crippen LogP contribution in [0, 0.1) is 0 Å². The zero-order chi connectivity index (χ0) is 19.3. The second-order valence-corrected chi connectivity index (χ2v) is 6.75. The van der Waals surface area contributed by atoms with Crippen molar-refractivity contribution in [3.05, 3.63) is 65.6 Å². The van der Waals surface area contributed by atoms with E-state index < -0.39 is 0 Å². The van der Waals surface area contributed by atoms with Crippen LogP contribution >= 0.6 is 0 Å². The molecule has 1 aliphatic rings. The standard InChI is InChI=1S/C21H22N4O3/c1-27-15-5-7-16(8-6-15)28-20-11-14(9-10-22-20)12-23-21(26)17-3-2-4-19-18(17)13-24-25-19/h5-11,13,17H,2-4,12H2,1H3,(H,23,26)(H,24,25). The molecule has 1 atom stereocenters. The molecule has 1 amide bonds. The molecule has 0 bridgehead atoms. The first-order chi connectivity index (χ1) is 13.7. The number of H-pyrrole nitrogens is 1. The van der Waals surface area contributed by atoms with E-state index in [1.807, 2.05) is 36.4 Å². The summed E-state index contributed by atoms with van der Waals surface area (Å²) < 4.78 is 10.9. The average molecular weight is 378 g/mol. The monoisotopic (exact) mass is 378 g/mol. The van der Waals surface area contributed by atoms with Gasteiger partial charge < -0.3 is 14.8 Å². The van der Waals surface area contributed by atoms with Gasteiger partial charge in [0, 0.05) is 30.1 Å². The summed E-state index contributed by atoms with van der Waals surface area (Å²) in [5.74, 6) is 1.80. The molecule has 4 rings (SSSR count). The van der Waals surface area contributed by atoms with Crippen LogP contribution in [0.25, 0.3) is 0 Å². The van der Waals surface area contributed by atoms with E-state index in [0.29, 0.717) is 18.2 Å². The van der Waals surface area contributed by atoms with Crippen LogP contribution in [0.2, 0.25) is 0 Å². The number of hydrogen-bond acceptors (Lipinski definition) is 5. The van der Waals surface area contributed by atoms with Gasteiger partial charge in [0.2, 0.25) is 11.8 Å². The third-order valence-electron chi connectivity index (χ3n) is 4.91. The molecule has 0 fully saturated rings. The molecule has 2 aromatic heterocycles. The van der Waals surface area contributed by atoms with E-state index in [1.54, 1.807) is 19.5 Å². The number of rotatable bonds is 6. The molecule has 2 N–H and O–H groups in total. The fourth-order valence-corrected chi connectivity index (χ4v) is 3.43. The molecule has 0 saturated carbocycles. The lowest BCUT2D eigenvalue weighted by molar-refractivity contribution is -0.123. The number of pyridine rings is 1. The van der Waals surface area contributed by atoms with Crippen LogP contribution in [0.15, 0.2) is 48.8 Å². The topological polar surface area (TPSA) is 89.1 Å². The molecule has 144 valence electrons. The molecule has 2 heterocycles. The first-order valence-corrected chi connectivity index (χ1v) is 9.29. The number of nitrogens with one attached hydrogen (secondary N) is 2. The van der Waals surface area contributed by atoms with Crippen molar-refractivity contribution in [2.24, 2.45) is 0 Å². The van der Waals surface area contributed by atoms with Crippen molar-refractivity contribution in [2.75, 3.05) is 7.11 Å². The minimum absolute atomic E-state index is 0.0248. The van der Waals surface area contributed by atoms with Crippen molar-refractivity contribution in [3.63, 3.8) is 0 Å². The van der Waals surface area contributed by atoms with Gasteiger partial charge in [-0.25, -0.2) is 4.98 Å². The van der Waals surface area contributed by atoms with Crippen LogP contribution in [0.4, 0.5) is 0 Å². The van der Waals surface area contributed by atoms with Crippen molar-refractivity contribution >= 4 is 5.91 Å². The van der Waals surface area contributed by atoms with Gasteiger partial charge in [0.25, 0.3) is 0 Å². The van der Waals surface area contributed by atoms with Crippen LogP contribution in [-0.4, -0.2) is 28.2 Å². The highest BCUT2D eigenvalue weighted by atomic mass is 16.5. The largest absolute Gasteiger partial charge is 0.497 e. The zero-order valence-corrected chi connectivity index (χ0v) is 15.6. The molecule has 1 aromatic carbocycles. The van der Waals surface area contributed by atoms with Gasteiger partial charge in [-0.05, 0) is 55.2 Å². The molecule has 1 aliphatic carbocycles. The van der Waals surface area contributed by atoms with Crippen molar-refractivity contribution in [2.45, 2.75) is 31.7 Å². The van der Waals surface area contributed by atoms with Crippen molar-refractivity contribution in [3.8, 4) is 17.4 Å². The second kappa shape index (κ2) is 8.12. The quantitative estimate of drug-likeness (QED) is 0.687. The number of ether oxygens (including phenoxy) is 2. The van der Waals surface area contributed by atoms with Gasteiger partial charge in [0.1, 0.15) is 11.5 Å². The smallest absolute Gasteiger partial charge is 0.227 e. The van der Waals surface area contributed by atoms with Gasteiger partial charge in [-0.15, -0.1) is 0 Å². The molecule has 28 heavy (non-hydrogen) atoms. The number of hydrogen-bond donors (Lipinski definition) is 2. The molecular formula is C21H22N4O3. The Morgan fingerprint density at radius 1 is 1.25 bits per heavy atom. The molecule has 0 aliphatic heterocycles. The number of amides is 1. The Kier molecular flexibility index (Phi) is 5.23. The number of benzene rings is 1. The second-order valence-electron chi connectivity index (χ2n) is 6.75. The number of aromatic nitrogens is 3. The Balaban J connectivity index is 1.38. The normalized spacial score (nSPS) is 15.5. The lowest BCUT2D eigenvalue weighted by atomic mass is 9.86. The van der Waals surface area contributed by atoms with Gasteiger partial charge >= 0.3 is 0 Å². The third-order valence-corrected chi connectivity index (χ3v) is 4.91. The predicted molar refractivity (Wildman–Crippen MR) is 103 cm³/mol. The number of aryl methyl sites for hydroxylation is 1. The number of aromatic amines is 1. The molecule has 7 nitrogen and oxygen atoms in total. The summed E-state index contributed by atoms with van der Waals surface area (Å²) in [6.45, 7) is 0.421. The Bertz CT molecular complexity index is 952. The summed E-state index contributed by atoms with van der Waals surface area (Å²) >= 11 is 0.